The Morgan fingerprint density at radius 3 is 0.777 bits per heavy atom. The summed E-state index contributed by atoms with van der Waals surface area (Å²) in [4.78, 5) is 101. The molecule has 19 heteroatoms. The summed E-state index contributed by atoms with van der Waals surface area (Å²) in [5.41, 5.74) is 6.08. The van der Waals surface area contributed by atoms with Gasteiger partial charge in [0.2, 0.25) is 0 Å². The number of ether oxygens (including phenoxy) is 9. The standard InChI is InChI=1S/C16H26O6.C13H22O5.C12H20O4.C11H18O4.5C10H14/c1-6-16(4,5)15(19)22-11-10-20-13(17)8-7-9-21-14(18)12(2)3;1-6-13(4,5)12(16)18-8-10(14)7-17-11(15)9(2)3;1-6-12(4,5)11(14)16-8-7-15-10(13)9(2)3;1-5-9(12)14-7-8-15-10(13)11(3,4)6-2;5*1-3-9(2)10-7-5-4-6-8-10/h2,6-11H2,1,3-5H3;10,14H,2,6-8H2,1,3-5H3;2,6-8H2,1,3-5H3;5H,1,6-8H2,2-4H3;5*4-9H,3H2,1-2H3. The lowest BCUT2D eigenvalue weighted by Crippen LogP contribution is -2.31. The Morgan fingerprint density at radius 2 is 0.537 bits per heavy atom. The van der Waals surface area contributed by atoms with E-state index in [0.717, 1.165) is 6.08 Å². The van der Waals surface area contributed by atoms with Crippen LogP contribution < -0.4 is 0 Å². The fraction of sp³-hybridized carbons (Fsp3) is 0.539. The number of rotatable bonds is 39. The van der Waals surface area contributed by atoms with Crippen molar-refractivity contribution in [2.75, 3.05) is 59.5 Å². The van der Waals surface area contributed by atoms with E-state index in [2.05, 4.69) is 252 Å². The van der Waals surface area contributed by atoms with E-state index >= 15 is 0 Å². The van der Waals surface area contributed by atoms with Crippen molar-refractivity contribution in [3.8, 4) is 0 Å². The molecule has 5 aromatic carbocycles. The van der Waals surface area contributed by atoms with Gasteiger partial charge >= 0.3 is 53.7 Å². The van der Waals surface area contributed by atoms with Crippen LogP contribution in [0.15, 0.2) is 201 Å². The third kappa shape index (κ3) is 58.8. The summed E-state index contributed by atoms with van der Waals surface area (Å²) in [5.74, 6) is -0.142. The number of aliphatic hydroxyl groups is 1. The second-order valence-electron chi connectivity index (χ2n) is 32.1. The van der Waals surface area contributed by atoms with Gasteiger partial charge < -0.3 is 47.7 Å². The average Bonchev–Trinajstić information content (AvgIpc) is 0.893. The first-order valence-corrected chi connectivity index (χ1v) is 42.9. The largest absolute Gasteiger partial charge is 0.462 e. The van der Waals surface area contributed by atoms with E-state index in [1.165, 1.54) is 66.8 Å². The van der Waals surface area contributed by atoms with E-state index in [1.807, 2.05) is 55.4 Å². The average molecular weight is 1690 g/mol. The van der Waals surface area contributed by atoms with Crippen LogP contribution >= 0.6 is 0 Å². The van der Waals surface area contributed by atoms with Crippen LogP contribution in [0.5, 0.6) is 0 Å². The Hall–Kier alpha value is -9.75. The van der Waals surface area contributed by atoms with Crippen LogP contribution in [0.2, 0.25) is 0 Å². The minimum Gasteiger partial charge on any atom is -0.462 e. The van der Waals surface area contributed by atoms with Crippen molar-refractivity contribution in [3.05, 3.63) is 229 Å². The zero-order chi connectivity index (χ0) is 93.2. The fourth-order valence-corrected chi connectivity index (χ4v) is 8.55. The van der Waals surface area contributed by atoms with E-state index in [-0.39, 0.29) is 95.3 Å². The summed E-state index contributed by atoms with van der Waals surface area (Å²) in [7, 11) is 0. The third-order valence-electron chi connectivity index (χ3n) is 20.1. The lowest BCUT2D eigenvalue weighted by molar-refractivity contribution is -0.159. The van der Waals surface area contributed by atoms with Gasteiger partial charge in [0, 0.05) is 29.2 Å². The molecule has 6 atom stereocenters. The molecular weight excluding hydrogens is 1530 g/mol. The van der Waals surface area contributed by atoms with Crippen molar-refractivity contribution in [3.63, 3.8) is 0 Å². The van der Waals surface area contributed by atoms with Gasteiger partial charge in [-0.1, -0.05) is 275 Å². The topological polar surface area (TPSA) is 257 Å². The predicted molar refractivity (Wildman–Crippen MR) is 491 cm³/mol. The number of aliphatic hydroxyl groups excluding tert-OH is 1. The molecule has 0 aliphatic rings. The molecule has 121 heavy (non-hydrogen) atoms. The minimum absolute atomic E-state index is 0.0237. The lowest BCUT2D eigenvalue weighted by atomic mass is 9.91. The zero-order valence-corrected chi connectivity index (χ0v) is 78.7. The number of hydrogen-bond donors (Lipinski definition) is 1. The molecular formula is C102H156O19. The van der Waals surface area contributed by atoms with Gasteiger partial charge in [-0.25, -0.2) is 19.2 Å². The van der Waals surface area contributed by atoms with E-state index in [9.17, 15) is 48.3 Å². The van der Waals surface area contributed by atoms with Crippen LogP contribution in [0.25, 0.3) is 0 Å². The number of benzene rings is 5. The van der Waals surface area contributed by atoms with Crippen molar-refractivity contribution < 1.29 is 90.9 Å². The highest BCUT2D eigenvalue weighted by molar-refractivity contribution is 5.88. The van der Waals surface area contributed by atoms with Crippen LogP contribution in [-0.4, -0.2) is 124 Å². The summed E-state index contributed by atoms with van der Waals surface area (Å²) < 4.78 is 43.8. The van der Waals surface area contributed by atoms with Crippen molar-refractivity contribution in [2.45, 2.75) is 279 Å². The molecule has 1 N–H and O–H groups in total. The minimum atomic E-state index is -1.02. The molecule has 0 amide bonds. The Bertz CT molecular complexity index is 3390. The van der Waals surface area contributed by atoms with E-state index in [4.69, 9.17) is 37.9 Å². The Labute approximate surface area is 729 Å². The first-order valence-electron chi connectivity index (χ1n) is 42.9. The first kappa shape index (κ1) is 118. The van der Waals surface area contributed by atoms with Crippen LogP contribution in [0.4, 0.5) is 0 Å². The number of carbonyl (C=O) groups is 9. The van der Waals surface area contributed by atoms with Crippen LogP contribution in [-0.2, 0) is 85.8 Å². The normalized spacial score (nSPS) is 12.0. The molecule has 0 spiro atoms. The maximum absolute atomic E-state index is 11.7. The Balaban J connectivity index is -0.000000645. The SMILES string of the molecule is C=C(C)C(=O)OCC(O)COC(=O)C(C)(C)CC.C=C(C)C(=O)OCCCC(=O)OCCOC(=O)C(C)(C)CC.C=C(C)C(=O)OCCOC(=O)C(C)(C)CC.C=CC(=O)OCCOC(=O)C(C)(C)CC.CCC(C)c1ccccc1.CCC(C)c1ccccc1.CCC(C)c1ccccc1.CCC(C)c1ccccc1.CCC(C)c1ccccc1. The number of esters is 9. The molecule has 678 valence electrons. The van der Waals surface area contributed by atoms with Gasteiger partial charge in [0.1, 0.15) is 59.0 Å². The van der Waals surface area contributed by atoms with Gasteiger partial charge in [-0.05, 0) is 198 Å². The van der Waals surface area contributed by atoms with E-state index in [1.54, 1.807) is 41.5 Å². The monoisotopic (exact) mass is 1690 g/mol. The highest BCUT2D eigenvalue weighted by Crippen LogP contribution is 2.26. The third-order valence-corrected chi connectivity index (χ3v) is 20.1. The smallest absolute Gasteiger partial charge is 0.333 e. The second-order valence-corrected chi connectivity index (χ2v) is 32.1. The highest BCUT2D eigenvalue weighted by Gasteiger charge is 2.30. The first-order chi connectivity index (χ1) is 56.9. The van der Waals surface area contributed by atoms with Crippen molar-refractivity contribution >= 4 is 53.7 Å². The Morgan fingerprint density at radius 1 is 0.322 bits per heavy atom. The molecule has 0 aromatic heterocycles. The van der Waals surface area contributed by atoms with Crippen LogP contribution in [0, 0.1) is 21.7 Å². The lowest BCUT2D eigenvalue weighted by Gasteiger charge is -2.21. The second kappa shape index (κ2) is 68.8. The molecule has 0 radical (unpaired) electrons. The molecule has 0 fully saturated rings. The van der Waals surface area contributed by atoms with Crippen molar-refractivity contribution in [2.24, 2.45) is 21.7 Å². The zero-order valence-electron chi connectivity index (χ0n) is 78.7. The van der Waals surface area contributed by atoms with Crippen LogP contribution in [0.3, 0.4) is 0 Å². The maximum Gasteiger partial charge on any atom is 0.333 e. The quantitative estimate of drug-likeness (QED) is 0.0166. The van der Waals surface area contributed by atoms with E-state index < -0.39 is 57.6 Å². The summed E-state index contributed by atoms with van der Waals surface area (Å²) in [6, 6.07) is 53.2. The van der Waals surface area contributed by atoms with Gasteiger partial charge in [0.25, 0.3) is 0 Å². The van der Waals surface area contributed by atoms with Crippen molar-refractivity contribution in [1.82, 2.24) is 0 Å². The van der Waals surface area contributed by atoms with Gasteiger partial charge in [-0.15, -0.1) is 0 Å². The van der Waals surface area contributed by atoms with Gasteiger partial charge in [-0.3, -0.25) is 24.0 Å². The summed E-state index contributed by atoms with van der Waals surface area (Å²) in [5, 5.41) is 9.48. The molecule has 19 nitrogen and oxygen atoms in total. The number of carbonyl (C=O) groups excluding carboxylic acids is 9. The molecule has 0 saturated heterocycles. The summed E-state index contributed by atoms with van der Waals surface area (Å²) in [6.07, 6.45) is 9.42. The fourth-order valence-electron chi connectivity index (χ4n) is 8.55. The molecule has 5 rings (SSSR count). The molecule has 0 saturated carbocycles. The van der Waals surface area contributed by atoms with E-state index in [0.29, 0.717) is 72.8 Å². The molecule has 5 aromatic rings. The van der Waals surface area contributed by atoms with Gasteiger partial charge in [0.05, 0.1) is 28.3 Å². The molecule has 0 aliphatic heterocycles. The molecule has 0 bridgehead atoms. The highest BCUT2D eigenvalue weighted by atomic mass is 16.6. The Kier molecular flexibility index (Phi) is 66.9. The van der Waals surface area contributed by atoms with Gasteiger partial charge in [-0.2, -0.15) is 0 Å². The van der Waals surface area contributed by atoms with Crippen molar-refractivity contribution in [1.29, 1.82) is 0 Å². The predicted octanol–water partition coefficient (Wildman–Crippen LogP) is 23.6. The van der Waals surface area contributed by atoms with Crippen LogP contribution in [0.1, 0.15) is 301 Å². The number of hydrogen-bond acceptors (Lipinski definition) is 19. The summed E-state index contributed by atoms with van der Waals surface area (Å²) in [6.45, 7) is 62.7. The molecule has 0 heterocycles. The van der Waals surface area contributed by atoms with Gasteiger partial charge in [0.15, 0.2) is 0 Å². The maximum atomic E-state index is 11.7. The molecule has 0 aliphatic carbocycles. The molecule has 6 unspecified atom stereocenters. The summed E-state index contributed by atoms with van der Waals surface area (Å²) >= 11 is 0.